The molecule has 0 aliphatic carbocycles. The molecule has 1 rings (SSSR count). The highest BCUT2D eigenvalue weighted by Gasteiger charge is 2.09. The summed E-state index contributed by atoms with van der Waals surface area (Å²) in [4.78, 5) is 11.1. The van der Waals surface area contributed by atoms with Gasteiger partial charge in [-0.15, -0.1) is 0 Å². The average molecular weight is 212 g/mol. The van der Waals surface area contributed by atoms with Crippen LogP contribution in [-0.4, -0.2) is 30.1 Å². The van der Waals surface area contributed by atoms with Crippen molar-refractivity contribution in [3.05, 3.63) is 28.2 Å². The minimum atomic E-state index is -0.359. The van der Waals surface area contributed by atoms with E-state index in [9.17, 15) is 9.90 Å². The Kier molecular flexibility index (Phi) is 3.88. The van der Waals surface area contributed by atoms with Crippen LogP contribution in [0.25, 0.3) is 0 Å². The van der Waals surface area contributed by atoms with Crippen molar-refractivity contribution in [2.24, 2.45) is 0 Å². The average Bonchev–Trinajstić information content (AvgIpc) is 2.25. The van der Waals surface area contributed by atoms with Crippen LogP contribution in [0.4, 0.5) is 0 Å². The Labute approximate surface area is 88.3 Å². The lowest BCUT2D eigenvalue weighted by molar-refractivity contribution is 0.0655. The lowest BCUT2D eigenvalue weighted by Crippen LogP contribution is -2.32. The molecule has 2 N–H and O–H groups in total. The van der Waals surface area contributed by atoms with Gasteiger partial charge in [0, 0.05) is 19.4 Å². The largest absolute Gasteiger partial charge is 0.503 e. The summed E-state index contributed by atoms with van der Waals surface area (Å²) in [6.45, 7) is 2.23. The highest BCUT2D eigenvalue weighted by atomic mass is 16.5. The number of aromatic nitrogens is 1. The Bertz CT molecular complexity index is 383. The first-order valence-corrected chi connectivity index (χ1v) is 4.69. The van der Waals surface area contributed by atoms with Crippen LogP contribution in [0.15, 0.2) is 17.1 Å². The minimum absolute atomic E-state index is 0.148. The molecule has 1 aromatic rings. The molecule has 84 valence electrons. The molecule has 1 atom stereocenters. The van der Waals surface area contributed by atoms with Gasteiger partial charge in [0.2, 0.25) is 5.43 Å². The second kappa shape index (κ2) is 4.95. The van der Waals surface area contributed by atoms with E-state index in [1.54, 1.807) is 31.8 Å². The molecule has 1 aromatic heterocycles. The van der Waals surface area contributed by atoms with Crippen LogP contribution < -0.4 is 10.7 Å². The normalized spacial score (nSPS) is 12.7. The number of pyridine rings is 1. The first-order chi connectivity index (χ1) is 7.10. The van der Waals surface area contributed by atoms with Crippen LogP contribution in [-0.2, 0) is 11.3 Å². The van der Waals surface area contributed by atoms with E-state index in [1.807, 2.05) is 0 Å². The maximum Gasteiger partial charge on any atom is 0.223 e. The van der Waals surface area contributed by atoms with Gasteiger partial charge in [-0.2, -0.15) is 0 Å². The molecule has 5 heteroatoms. The van der Waals surface area contributed by atoms with Gasteiger partial charge in [0.1, 0.15) is 6.23 Å². The third-order valence-electron chi connectivity index (χ3n) is 2.38. The molecule has 1 heterocycles. The zero-order chi connectivity index (χ0) is 11.4. The molecule has 0 amide bonds. The molecule has 0 saturated carbocycles. The molecule has 0 bridgehead atoms. The molecule has 15 heavy (non-hydrogen) atoms. The topological polar surface area (TPSA) is 63.5 Å². The van der Waals surface area contributed by atoms with Crippen molar-refractivity contribution < 1.29 is 9.84 Å². The van der Waals surface area contributed by atoms with E-state index in [1.165, 1.54) is 6.07 Å². The number of aromatic hydroxyl groups is 1. The molecule has 0 spiro atoms. The van der Waals surface area contributed by atoms with Gasteiger partial charge in [0.15, 0.2) is 5.75 Å². The van der Waals surface area contributed by atoms with Crippen LogP contribution in [0.2, 0.25) is 0 Å². The fourth-order valence-electron chi connectivity index (χ4n) is 1.32. The van der Waals surface area contributed by atoms with E-state index in [-0.39, 0.29) is 17.4 Å². The monoisotopic (exact) mass is 212 g/mol. The first kappa shape index (κ1) is 11.7. The number of hydrogen-bond donors (Lipinski definition) is 2. The molecular formula is C10H16N2O3. The Morgan fingerprint density at radius 3 is 2.87 bits per heavy atom. The number of hydrogen-bond acceptors (Lipinski definition) is 4. The second-order valence-electron chi connectivity index (χ2n) is 3.28. The van der Waals surface area contributed by atoms with Gasteiger partial charge >= 0.3 is 0 Å². The van der Waals surface area contributed by atoms with Crippen LogP contribution in [0, 0.1) is 6.92 Å². The Morgan fingerprint density at radius 1 is 1.67 bits per heavy atom. The molecular weight excluding hydrogens is 196 g/mol. The molecule has 0 saturated heterocycles. The van der Waals surface area contributed by atoms with Gasteiger partial charge in [-0.05, 0) is 14.0 Å². The summed E-state index contributed by atoms with van der Waals surface area (Å²) in [6, 6.07) is 1.34. The summed E-state index contributed by atoms with van der Waals surface area (Å²) >= 11 is 0. The summed E-state index contributed by atoms with van der Waals surface area (Å²) in [6.07, 6.45) is 1.49. The van der Waals surface area contributed by atoms with Gasteiger partial charge in [-0.3, -0.25) is 10.1 Å². The van der Waals surface area contributed by atoms with Crippen molar-refractivity contribution in [2.75, 3.05) is 14.2 Å². The number of ether oxygens (including phenoxy) is 1. The number of nitrogens with zero attached hydrogens (tertiary/aromatic N) is 1. The molecule has 0 aliphatic rings. The fourth-order valence-corrected chi connectivity index (χ4v) is 1.32. The fraction of sp³-hybridized carbons (Fsp3) is 0.500. The van der Waals surface area contributed by atoms with Crippen molar-refractivity contribution in [3.8, 4) is 5.75 Å². The third-order valence-corrected chi connectivity index (χ3v) is 2.38. The Hall–Kier alpha value is -1.33. The SMILES string of the molecule is CNC(Cn1ccc(=O)c(O)c1C)OC. The summed E-state index contributed by atoms with van der Waals surface area (Å²) in [5, 5.41) is 12.4. The van der Waals surface area contributed by atoms with E-state index >= 15 is 0 Å². The van der Waals surface area contributed by atoms with Crippen LogP contribution >= 0.6 is 0 Å². The molecule has 0 aromatic carbocycles. The highest BCUT2D eigenvalue weighted by molar-refractivity contribution is 5.25. The predicted molar refractivity (Wildman–Crippen MR) is 57.0 cm³/mol. The van der Waals surface area contributed by atoms with Gasteiger partial charge in [-0.25, -0.2) is 0 Å². The van der Waals surface area contributed by atoms with E-state index < -0.39 is 0 Å². The van der Waals surface area contributed by atoms with Gasteiger partial charge < -0.3 is 14.4 Å². The number of methoxy groups -OCH3 is 1. The quantitative estimate of drug-likeness (QED) is 0.692. The standard InChI is InChI=1S/C10H16N2O3/c1-7-10(14)8(13)4-5-12(7)6-9(11-2)15-3/h4-5,9,11,14H,6H2,1-3H3. The Balaban J connectivity index is 2.96. The number of likely N-dealkylation sites (N-methyl/N-ethyl adjacent to an activating group) is 1. The highest BCUT2D eigenvalue weighted by Crippen LogP contribution is 2.09. The van der Waals surface area contributed by atoms with Crippen LogP contribution in [0.1, 0.15) is 5.69 Å². The smallest absolute Gasteiger partial charge is 0.223 e. The Morgan fingerprint density at radius 2 is 2.33 bits per heavy atom. The molecule has 0 aliphatic heterocycles. The number of nitrogens with one attached hydrogen (secondary N) is 1. The van der Waals surface area contributed by atoms with Gasteiger partial charge in [-0.1, -0.05) is 0 Å². The van der Waals surface area contributed by atoms with Crippen LogP contribution in [0.3, 0.4) is 0 Å². The van der Waals surface area contributed by atoms with Crippen molar-refractivity contribution >= 4 is 0 Å². The molecule has 0 radical (unpaired) electrons. The van der Waals surface area contributed by atoms with Crippen molar-refractivity contribution in [3.63, 3.8) is 0 Å². The maximum absolute atomic E-state index is 11.1. The van der Waals surface area contributed by atoms with E-state index in [0.717, 1.165) is 0 Å². The summed E-state index contributed by atoms with van der Waals surface area (Å²) < 4.78 is 6.90. The second-order valence-corrected chi connectivity index (χ2v) is 3.28. The predicted octanol–water partition coefficient (Wildman–Crippen LogP) is 0.0542. The van der Waals surface area contributed by atoms with E-state index in [2.05, 4.69) is 5.32 Å². The van der Waals surface area contributed by atoms with Crippen molar-refractivity contribution in [2.45, 2.75) is 19.7 Å². The summed E-state index contributed by atoms with van der Waals surface area (Å²) in [5.74, 6) is -0.205. The van der Waals surface area contributed by atoms with E-state index in [4.69, 9.17) is 4.74 Å². The molecule has 5 nitrogen and oxygen atoms in total. The zero-order valence-electron chi connectivity index (χ0n) is 9.15. The maximum atomic E-state index is 11.1. The van der Waals surface area contributed by atoms with Gasteiger partial charge in [0.05, 0.1) is 12.2 Å². The van der Waals surface area contributed by atoms with Crippen molar-refractivity contribution in [1.82, 2.24) is 9.88 Å². The van der Waals surface area contributed by atoms with Crippen LogP contribution in [0.5, 0.6) is 5.75 Å². The molecule has 1 unspecified atom stereocenters. The molecule has 0 fully saturated rings. The lowest BCUT2D eigenvalue weighted by atomic mass is 10.3. The summed E-state index contributed by atoms with van der Waals surface area (Å²) in [5.41, 5.74) is 0.182. The van der Waals surface area contributed by atoms with Crippen molar-refractivity contribution in [1.29, 1.82) is 0 Å². The number of rotatable bonds is 4. The minimum Gasteiger partial charge on any atom is -0.503 e. The first-order valence-electron chi connectivity index (χ1n) is 4.69. The lowest BCUT2D eigenvalue weighted by Gasteiger charge is -2.18. The zero-order valence-corrected chi connectivity index (χ0v) is 9.15. The third kappa shape index (κ3) is 2.57. The summed E-state index contributed by atoms with van der Waals surface area (Å²) in [7, 11) is 3.38. The van der Waals surface area contributed by atoms with Gasteiger partial charge in [0.25, 0.3) is 0 Å². The van der Waals surface area contributed by atoms with E-state index in [0.29, 0.717) is 12.2 Å².